The molecule has 0 amide bonds. The van der Waals surface area contributed by atoms with Crippen molar-refractivity contribution in [3.63, 3.8) is 0 Å². The third kappa shape index (κ3) is 3.29. The lowest BCUT2D eigenvalue weighted by Gasteiger charge is -2.17. The molecule has 27 heavy (non-hydrogen) atoms. The van der Waals surface area contributed by atoms with Crippen LogP contribution < -0.4 is 0 Å². The van der Waals surface area contributed by atoms with Crippen LogP contribution in [0.25, 0.3) is 11.1 Å². The molecule has 4 rings (SSSR count). The van der Waals surface area contributed by atoms with Crippen molar-refractivity contribution in [3.05, 3.63) is 108 Å². The number of rotatable bonds is 3. The molecule has 0 atom stereocenters. The van der Waals surface area contributed by atoms with Gasteiger partial charge in [0.15, 0.2) is 0 Å². The van der Waals surface area contributed by atoms with E-state index >= 15 is 0 Å². The summed E-state index contributed by atoms with van der Waals surface area (Å²) in [7, 11) is -1.51. The molecule has 0 aromatic heterocycles. The van der Waals surface area contributed by atoms with E-state index in [-0.39, 0.29) is 5.41 Å². The van der Waals surface area contributed by atoms with Crippen molar-refractivity contribution < 1.29 is 0 Å². The first kappa shape index (κ1) is 17.6. The molecule has 0 saturated heterocycles. The Labute approximate surface area is 163 Å². The van der Waals surface area contributed by atoms with Gasteiger partial charge in [-0.25, -0.2) is 0 Å². The van der Waals surface area contributed by atoms with E-state index in [4.69, 9.17) is 0 Å². The van der Waals surface area contributed by atoms with Gasteiger partial charge in [0, 0.05) is 0 Å². The lowest BCUT2D eigenvalue weighted by molar-refractivity contribution is 1.05. The number of benzene rings is 3. The van der Waals surface area contributed by atoms with Crippen molar-refractivity contribution >= 4 is 19.2 Å². The molecule has 0 heterocycles. The average Bonchev–Trinajstić information content (AvgIpc) is 3.38. The third-order valence-corrected chi connectivity index (χ3v) is 5.77. The van der Waals surface area contributed by atoms with Crippen LogP contribution in [-0.4, -0.2) is 8.07 Å². The van der Waals surface area contributed by atoms with Crippen LogP contribution >= 0.6 is 0 Å². The van der Waals surface area contributed by atoms with Gasteiger partial charge in [0.1, 0.15) is 13.5 Å². The van der Waals surface area contributed by atoms with Gasteiger partial charge in [-0.05, 0) is 27.8 Å². The number of allylic oxidation sites excluding steroid dienone is 2. The smallest absolute Gasteiger partial charge is 0.129 e. The van der Waals surface area contributed by atoms with Gasteiger partial charge in [0.05, 0.1) is 0 Å². The molecule has 132 valence electrons. The van der Waals surface area contributed by atoms with Crippen LogP contribution in [0.2, 0.25) is 19.6 Å². The molecule has 1 heteroatoms. The van der Waals surface area contributed by atoms with Gasteiger partial charge < -0.3 is 0 Å². The number of hydrogen-bond acceptors (Lipinski definition) is 0. The van der Waals surface area contributed by atoms with Crippen molar-refractivity contribution in [2.24, 2.45) is 0 Å². The van der Waals surface area contributed by atoms with Crippen LogP contribution in [0.5, 0.6) is 0 Å². The molecule has 0 nitrogen and oxygen atoms in total. The second kappa shape index (κ2) is 6.72. The van der Waals surface area contributed by atoms with E-state index in [1.807, 2.05) is 0 Å². The number of hydrogen-bond donors (Lipinski definition) is 0. The Hall–Kier alpha value is -2.82. The predicted molar refractivity (Wildman–Crippen MR) is 119 cm³/mol. The van der Waals surface area contributed by atoms with Crippen molar-refractivity contribution in [1.29, 1.82) is 0 Å². The molecule has 0 N–H and O–H groups in total. The zero-order chi connectivity index (χ0) is 18.9. The van der Waals surface area contributed by atoms with Crippen LogP contribution in [-0.2, 0) is 5.41 Å². The van der Waals surface area contributed by atoms with Crippen LogP contribution in [0.1, 0.15) is 16.7 Å². The van der Waals surface area contributed by atoms with Crippen LogP contribution in [0.3, 0.4) is 0 Å². The summed E-state index contributed by atoms with van der Waals surface area (Å²) in [5.74, 6) is 3.76. The summed E-state index contributed by atoms with van der Waals surface area (Å²) >= 11 is 0. The topological polar surface area (TPSA) is 0 Å². The molecule has 3 aromatic carbocycles. The lowest BCUT2D eigenvalue weighted by atomic mass is 9.86. The minimum absolute atomic E-state index is 0.301. The summed E-state index contributed by atoms with van der Waals surface area (Å²) in [5.41, 5.74) is 9.88. The highest BCUT2D eigenvalue weighted by atomic mass is 28.3. The van der Waals surface area contributed by atoms with E-state index in [9.17, 15) is 0 Å². The minimum atomic E-state index is -1.51. The second-order valence-electron chi connectivity index (χ2n) is 8.10. The molecule has 0 aliphatic heterocycles. The Bertz CT molecular complexity index is 978. The van der Waals surface area contributed by atoms with Crippen molar-refractivity contribution in [2.45, 2.75) is 25.1 Å². The lowest BCUT2D eigenvalue weighted by Crippen LogP contribution is -2.19. The van der Waals surface area contributed by atoms with Gasteiger partial charge in [-0.3, -0.25) is 0 Å². The molecule has 0 fully saturated rings. The van der Waals surface area contributed by atoms with E-state index in [0.29, 0.717) is 0 Å². The average molecular weight is 365 g/mol. The summed E-state index contributed by atoms with van der Waals surface area (Å²) < 4.78 is 0. The maximum Gasteiger partial charge on any atom is 0.129 e. The summed E-state index contributed by atoms with van der Waals surface area (Å²) in [4.78, 5) is 0. The van der Waals surface area contributed by atoms with Crippen molar-refractivity contribution in [3.8, 4) is 11.5 Å². The summed E-state index contributed by atoms with van der Waals surface area (Å²) in [5, 5.41) is 0. The van der Waals surface area contributed by atoms with Gasteiger partial charge in [-0.15, -0.1) is 5.54 Å². The Kier molecular flexibility index (Phi) is 4.38. The summed E-state index contributed by atoms with van der Waals surface area (Å²) in [6.45, 7) is 6.93. The highest BCUT2D eigenvalue weighted by Gasteiger charge is 2.54. The maximum absolute atomic E-state index is 3.76. The Balaban J connectivity index is 1.96. The zero-order valence-corrected chi connectivity index (χ0v) is 17.2. The summed E-state index contributed by atoms with van der Waals surface area (Å²) in [6.07, 6.45) is 0. The molecule has 0 bridgehead atoms. The first-order valence-electron chi connectivity index (χ1n) is 9.48. The summed E-state index contributed by atoms with van der Waals surface area (Å²) in [6, 6.07) is 32.2. The first-order valence-corrected chi connectivity index (χ1v) is 13.0. The molecule has 3 aromatic rings. The molecular formula is C26H24Si. The standard InChI is InChI=1S/C26H24Si/c1-27(2,3)20-19-26(23-17-11-6-12-18-23)24(21-13-7-4-8-14-21)25(26)22-15-9-5-10-16-22/h4-18H,1-3H3. The van der Waals surface area contributed by atoms with Crippen LogP contribution in [0.15, 0.2) is 91.0 Å². The Morgan fingerprint density at radius 2 is 1.00 bits per heavy atom. The predicted octanol–water partition coefficient (Wildman–Crippen LogP) is 6.43. The van der Waals surface area contributed by atoms with Crippen molar-refractivity contribution in [1.82, 2.24) is 0 Å². The van der Waals surface area contributed by atoms with Crippen LogP contribution in [0, 0.1) is 11.5 Å². The normalized spacial score (nSPS) is 15.1. The molecule has 0 spiro atoms. The SMILES string of the molecule is C[Si](C)(C)C#CC1(c2ccccc2)C(c2ccccc2)=C1c1ccccc1. The second-order valence-corrected chi connectivity index (χ2v) is 12.8. The molecule has 1 aliphatic carbocycles. The van der Waals surface area contributed by atoms with E-state index < -0.39 is 8.07 Å². The Morgan fingerprint density at radius 3 is 1.41 bits per heavy atom. The fourth-order valence-electron chi connectivity index (χ4n) is 3.67. The van der Waals surface area contributed by atoms with Crippen LogP contribution in [0.4, 0.5) is 0 Å². The van der Waals surface area contributed by atoms with Gasteiger partial charge in [0.2, 0.25) is 0 Å². The van der Waals surface area contributed by atoms with Gasteiger partial charge in [-0.2, -0.15) is 0 Å². The minimum Gasteiger partial charge on any atom is -0.130 e. The fraction of sp³-hybridized carbons (Fsp3) is 0.154. The molecule has 0 radical (unpaired) electrons. The highest BCUT2D eigenvalue weighted by Crippen LogP contribution is 2.64. The fourth-order valence-corrected chi connectivity index (χ4v) is 4.23. The molecule has 0 unspecified atom stereocenters. The van der Waals surface area contributed by atoms with E-state index in [1.54, 1.807) is 0 Å². The van der Waals surface area contributed by atoms with Gasteiger partial charge in [-0.1, -0.05) is 117 Å². The van der Waals surface area contributed by atoms with Crippen molar-refractivity contribution in [2.75, 3.05) is 0 Å². The first-order chi connectivity index (χ1) is 13.0. The van der Waals surface area contributed by atoms with Gasteiger partial charge >= 0.3 is 0 Å². The Morgan fingerprint density at radius 1 is 0.593 bits per heavy atom. The largest absolute Gasteiger partial charge is 0.130 e. The van der Waals surface area contributed by atoms with Gasteiger partial charge in [0.25, 0.3) is 0 Å². The van der Waals surface area contributed by atoms with E-state index in [2.05, 4.69) is 122 Å². The van der Waals surface area contributed by atoms with E-state index in [0.717, 1.165) is 0 Å². The molecule has 1 aliphatic rings. The maximum atomic E-state index is 3.76. The monoisotopic (exact) mass is 364 g/mol. The van der Waals surface area contributed by atoms with E-state index in [1.165, 1.54) is 27.8 Å². The molecule has 0 saturated carbocycles. The zero-order valence-electron chi connectivity index (χ0n) is 16.2. The molecular weight excluding hydrogens is 340 g/mol. The highest BCUT2D eigenvalue weighted by molar-refractivity contribution is 6.84. The quantitative estimate of drug-likeness (QED) is 0.371. The third-order valence-electron chi connectivity index (χ3n) is 4.89.